The number of nitrogens with one attached hydrogen (secondary N) is 1. The van der Waals surface area contributed by atoms with Crippen molar-refractivity contribution in [3.63, 3.8) is 0 Å². The molecule has 0 aliphatic carbocycles. The molecule has 1 aromatic carbocycles. The van der Waals surface area contributed by atoms with Crippen LogP contribution in [-0.2, 0) is 11.3 Å². The lowest BCUT2D eigenvalue weighted by molar-refractivity contribution is 0.0824. The Morgan fingerprint density at radius 1 is 1.44 bits per heavy atom. The summed E-state index contributed by atoms with van der Waals surface area (Å²) in [7, 11) is 0. The molecule has 2 heterocycles. The monoisotopic (exact) mass is 364 g/mol. The number of hydrogen-bond acceptors (Lipinski definition) is 5. The van der Waals surface area contributed by atoms with E-state index in [0.29, 0.717) is 35.4 Å². The fraction of sp³-hybridized carbons (Fsp3) is 0.471. The molecule has 0 radical (unpaired) electrons. The predicted octanol–water partition coefficient (Wildman–Crippen LogP) is 3.10. The molecule has 3 rings (SSSR count). The lowest BCUT2D eigenvalue weighted by atomic mass is 10.2. The molecule has 0 bridgehead atoms. The number of nitrogens with zero attached hydrogens (tertiary/aromatic N) is 3. The van der Waals surface area contributed by atoms with Gasteiger partial charge in [-0.2, -0.15) is 4.98 Å². The van der Waals surface area contributed by atoms with Gasteiger partial charge in [0, 0.05) is 25.3 Å². The lowest BCUT2D eigenvalue weighted by Crippen LogP contribution is -2.43. The fourth-order valence-electron chi connectivity index (χ4n) is 2.73. The van der Waals surface area contributed by atoms with Gasteiger partial charge in [0.25, 0.3) is 0 Å². The summed E-state index contributed by atoms with van der Waals surface area (Å²) in [5.41, 5.74) is 0.694. The highest BCUT2D eigenvalue weighted by molar-refractivity contribution is 6.33. The maximum atomic E-state index is 12.3. The van der Waals surface area contributed by atoms with E-state index in [-0.39, 0.29) is 18.7 Å². The van der Waals surface area contributed by atoms with Crippen LogP contribution in [0.5, 0.6) is 0 Å². The van der Waals surface area contributed by atoms with Crippen LogP contribution < -0.4 is 5.32 Å². The van der Waals surface area contributed by atoms with Gasteiger partial charge in [0.2, 0.25) is 11.7 Å². The number of ether oxygens (including phenoxy) is 1. The first-order valence-electron chi connectivity index (χ1n) is 8.39. The van der Waals surface area contributed by atoms with Gasteiger partial charge in [0.1, 0.15) is 0 Å². The van der Waals surface area contributed by atoms with Crippen LogP contribution >= 0.6 is 11.6 Å². The SMILES string of the molecule is CCN(C[C@@H]1CCCO1)C(=O)NCc1nc(-c2ccccc2Cl)no1. The first-order valence-corrected chi connectivity index (χ1v) is 8.77. The van der Waals surface area contributed by atoms with Gasteiger partial charge in [-0.1, -0.05) is 28.9 Å². The summed E-state index contributed by atoms with van der Waals surface area (Å²) < 4.78 is 10.8. The van der Waals surface area contributed by atoms with Crippen LogP contribution in [0.3, 0.4) is 0 Å². The summed E-state index contributed by atoms with van der Waals surface area (Å²) in [4.78, 5) is 18.3. The average molecular weight is 365 g/mol. The number of urea groups is 1. The summed E-state index contributed by atoms with van der Waals surface area (Å²) in [5.74, 6) is 0.734. The molecule has 0 saturated carbocycles. The van der Waals surface area contributed by atoms with Crippen LogP contribution in [0.2, 0.25) is 5.02 Å². The second-order valence-electron chi connectivity index (χ2n) is 5.82. The van der Waals surface area contributed by atoms with Gasteiger partial charge in [-0.05, 0) is 31.9 Å². The van der Waals surface area contributed by atoms with Crippen LogP contribution in [-0.4, -0.2) is 46.9 Å². The van der Waals surface area contributed by atoms with Gasteiger partial charge < -0.3 is 19.5 Å². The zero-order chi connectivity index (χ0) is 17.6. The molecule has 25 heavy (non-hydrogen) atoms. The molecule has 1 saturated heterocycles. The van der Waals surface area contributed by atoms with Crippen LogP contribution in [0.15, 0.2) is 28.8 Å². The fourth-order valence-corrected chi connectivity index (χ4v) is 2.95. The van der Waals surface area contributed by atoms with E-state index >= 15 is 0 Å². The van der Waals surface area contributed by atoms with E-state index in [1.807, 2.05) is 25.1 Å². The van der Waals surface area contributed by atoms with Crippen molar-refractivity contribution in [2.75, 3.05) is 19.7 Å². The molecule has 134 valence electrons. The molecular formula is C17H21ClN4O3. The minimum absolute atomic E-state index is 0.126. The largest absolute Gasteiger partial charge is 0.376 e. The zero-order valence-corrected chi connectivity index (χ0v) is 14.8. The molecule has 0 spiro atoms. The molecule has 0 unspecified atom stereocenters. The minimum atomic E-state index is -0.171. The Bertz CT molecular complexity index is 715. The molecule has 7 nitrogen and oxygen atoms in total. The third kappa shape index (κ3) is 4.49. The van der Waals surface area contributed by atoms with E-state index in [4.69, 9.17) is 20.9 Å². The summed E-state index contributed by atoms with van der Waals surface area (Å²) >= 11 is 6.13. The molecule has 1 N–H and O–H groups in total. The third-order valence-corrected chi connectivity index (χ3v) is 4.42. The normalized spacial score (nSPS) is 16.8. The summed E-state index contributed by atoms with van der Waals surface area (Å²) in [6.45, 7) is 4.09. The van der Waals surface area contributed by atoms with E-state index in [2.05, 4.69) is 15.5 Å². The molecule has 1 aliphatic rings. The zero-order valence-electron chi connectivity index (χ0n) is 14.1. The van der Waals surface area contributed by atoms with Crippen LogP contribution in [0.1, 0.15) is 25.7 Å². The molecule has 1 fully saturated rings. The number of rotatable bonds is 6. The average Bonchev–Trinajstić information content (AvgIpc) is 3.30. The molecule has 1 atom stereocenters. The van der Waals surface area contributed by atoms with Crippen molar-refractivity contribution in [2.45, 2.75) is 32.4 Å². The predicted molar refractivity (Wildman–Crippen MR) is 93.2 cm³/mol. The lowest BCUT2D eigenvalue weighted by Gasteiger charge is -2.23. The first kappa shape index (κ1) is 17.7. The Morgan fingerprint density at radius 3 is 3.00 bits per heavy atom. The molecule has 1 aliphatic heterocycles. The Kier molecular flexibility index (Phi) is 5.88. The number of halogens is 1. The number of carbonyl (C=O) groups excluding carboxylic acids is 1. The number of aromatic nitrogens is 2. The van der Waals surface area contributed by atoms with E-state index in [9.17, 15) is 4.79 Å². The number of carbonyl (C=O) groups is 1. The Hall–Kier alpha value is -2.12. The number of amides is 2. The maximum Gasteiger partial charge on any atom is 0.317 e. The van der Waals surface area contributed by atoms with E-state index in [1.165, 1.54) is 0 Å². The van der Waals surface area contributed by atoms with Crippen molar-refractivity contribution in [1.29, 1.82) is 0 Å². The Morgan fingerprint density at radius 2 is 2.28 bits per heavy atom. The van der Waals surface area contributed by atoms with Crippen LogP contribution in [0.4, 0.5) is 4.79 Å². The Labute approximate surface area is 151 Å². The molecule has 1 aromatic heterocycles. The van der Waals surface area contributed by atoms with Gasteiger partial charge in [0.15, 0.2) is 0 Å². The highest BCUT2D eigenvalue weighted by Gasteiger charge is 2.22. The third-order valence-electron chi connectivity index (χ3n) is 4.09. The van der Waals surface area contributed by atoms with Crippen molar-refractivity contribution >= 4 is 17.6 Å². The molecule has 2 amide bonds. The van der Waals surface area contributed by atoms with Gasteiger partial charge >= 0.3 is 6.03 Å². The molecular weight excluding hydrogens is 344 g/mol. The standard InChI is InChI=1S/C17H21ClN4O3/c1-2-22(11-12-6-5-9-24-12)17(23)19-10-15-20-16(21-25-15)13-7-3-4-8-14(13)18/h3-4,7-8,12H,2,5-6,9-11H2,1H3,(H,19,23)/t12-/m0/s1. The summed E-state index contributed by atoms with van der Waals surface area (Å²) in [6, 6.07) is 7.09. The maximum absolute atomic E-state index is 12.3. The topological polar surface area (TPSA) is 80.5 Å². The highest BCUT2D eigenvalue weighted by atomic mass is 35.5. The number of benzene rings is 1. The van der Waals surface area contributed by atoms with E-state index < -0.39 is 0 Å². The van der Waals surface area contributed by atoms with Gasteiger partial charge in [-0.3, -0.25) is 0 Å². The number of likely N-dealkylation sites (N-methyl/N-ethyl adjacent to an activating group) is 1. The summed E-state index contributed by atoms with van der Waals surface area (Å²) in [5, 5.41) is 7.27. The Balaban J connectivity index is 1.56. The smallest absolute Gasteiger partial charge is 0.317 e. The second-order valence-corrected chi connectivity index (χ2v) is 6.23. The first-order chi connectivity index (χ1) is 12.2. The van der Waals surface area contributed by atoms with E-state index in [1.54, 1.807) is 11.0 Å². The molecule has 8 heteroatoms. The van der Waals surface area contributed by atoms with Crippen molar-refractivity contribution in [3.8, 4) is 11.4 Å². The quantitative estimate of drug-likeness (QED) is 0.851. The molecule has 2 aromatic rings. The van der Waals surface area contributed by atoms with Crippen LogP contribution in [0.25, 0.3) is 11.4 Å². The summed E-state index contributed by atoms with van der Waals surface area (Å²) in [6.07, 6.45) is 2.17. The van der Waals surface area contributed by atoms with Crippen molar-refractivity contribution in [2.24, 2.45) is 0 Å². The van der Waals surface area contributed by atoms with E-state index in [0.717, 1.165) is 19.4 Å². The minimum Gasteiger partial charge on any atom is -0.376 e. The van der Waals surface area contributed by atoms with Crippen molar-refractivity contribution < 1.29 is 14.1 Å². The highest BCUT2D eigenvalue weighted by Crippen LogP contribution is 2.24. The van der Waals surface area contributed by atoms with Gasteiger partial charge in [-0.15, -0.1) is 0 Å². The van der Waals surface area contributed by atoms with Crippen LogP contribution in [0, 0.1) is 0 Å². The van der Waals surface area contributed by atoms with Crippen molar-refractivity contribution in [1.82, 2.24) is 20.4 Å². The van der Waals surface area contributed by atoms with Crippen molar-refractivity contribution in [3.05, 3.63) is 35.2 Å². The second kappa shape index (κ2) is 8.31. The van der Waals surface area contributed by atoms with Gasteiger partial charge in [0.05, 0.1) is 17.7 Å². The number of hydrogen-bond donors (Lipinski definition) is 1. The van der Waals surface area contributed by atoms with Gasteiger partial charge in [-0.25, -0.2) is 4.79 Å².